The van der Waals surface area contributed by atoms with E-state index in [1.165, 1.54) is 25.4 Å². The summed E-state index contributed by atoms with van der Waals surface area (Å²) in [6, 6.07) is 13.1. The Bertz CT molecular complexity index is 995. The van der Waals surface area contributed by atoms with Crippen LogP contribution in [0.15, 0.2) is 54.7 Å². The Hall–Kier alpha value is -3.12. The Balaban J connectivity index is 1.79. The molecule has 2 aromatic carbocycles. The van der Waals surface area contributed by atoms with E-state index in [1.807, 2.05) is 19.1 Å². The molecule has 3 aromatic rings. The SMILES string of the molecule is COc1ccc(C)cc1NC(=O)c1cc(Nc2ccc(F)c(Cl)c2)ccn1. The molecule has 0 saturated heterocycles. The standard InChI is InChI=1S/C20H17ClFN3O2/c1-12-3-6-19(27-2)17(9-12)25-20(26)18-11-14(7-8-23-18)24-13-4-5-16(22)15(21)10-13/h3-11H,1-2H3,(H,23,24)(H,25,26). The topological polar surface area (TPSA) is 63.2 Å². The summed E-state index contributed by atoms with van der Waals surface area (Å²) in [5.74, 6) is -0.312. The number of anilines is 3. The van der Waals surface area contributed by atoms with Gasteiger partial charge < -0.3 is 15.4 Å². The van der Waals surface area contributed by atoms with Gasteiger partial charge in [-0.1, -0.05) is 17.7 Å². The first-order valence-electron chi connectivity index (χ1n) is 8.10. The average Bonchev–Trinajstić information content (AvgIpc) is 2.65. The first-order valence-corrected chi connectivity index (χ1v) is 8.48. The van der Waals surface area contributed by atoms with Gasteiger partial charge in [-0.05, 0) is 55.0 Å². The van der Waals surface area contributed by atoms with Gasteiger partial charge in [-0.2, -0.15) is 0 Å². The summed E-state index contributed by atoms with van der Waals surface area (Å²) >= 11 is 5.79. The number of amides is 1. The molecule has 0 bridgehead atoms. The molecule has 1 aromatic heterocycles. The van der Waals surface area contributed by atoms with Crippen LogP contribution in [-0.4, -0.2) is 18.0 Å². The molecule has 0 atom stereocenters. The molecule has 2 N–H and O–H groups in total. The monoisotopic (exact) mass is 385 g/mol. The molecule has 0 saturated carbocycles. The van der Waals surface area contributed by atoms with Crippen molar-refractivity contribution in [3.63, 3.8) is 0 Å². The number of nitrogens with zero attached hydrogens (tertiary/aromatic N) is 1. The van der Waals surface area contributed by atoms with Gasteiger partial charge in [-0.15, -0.1) is 0 Å². The molecule has 7 heteroatoms. The molecule has 5 nitrogen and oxygen atoms in total. The Morgan fingerprint density at radius 1 is 1.11 bits per heavy atom. The minimum absolute atomic E-state index is 0.0126. The predicted octanol–water partition coefficient (Wildman–Crippen LogP) is 5.19. The smallest absolute Gasteiger partial charge is 0.274 e. The number of benzene rings is 2. The Kier molecular flexibility index (Phi) is 5.57. The van der Waals surface area contributed by atoms with Crippen LogP contribution in [-0.2, 0) is 0 Å². The summed E-state index contributed by atoms with van der Waals surface area (Å²) in [6.45, 7) is 1.92. The summed E-state index contributed by atoms with van der Waals surface area (Å²) < 4.78 is 18.5. The van der Waals surface area contributed by atoms with Crippen LogP contribution in [0.5, 0.6) is 5.75 Å². The summed E-state index contributed by atoms with van der Waals surface area (Å²) in [5, 5.41) is 5.88. The van der Waals surface area contributed by atoms with Crippen LogP contribution >= 0.6 is 11.6 Å². The van der Waals surface area contributed by atoms with Crippen LogP contribution in [0.4, 0.5) is 21.5 Å². The zero-order valence-electron chi connectivity index (χ0n) is 14.7. The van der Waals surface area contributed by atoms with E-state index in [9.17, 15) is 9.18 Å². The molecule has 3 rings (SSSR count). The van der Waals surface area contributed by atoms with E-state index in [-0.39, 0.29) is 16.6 Å². The van der Waals surface area contributed by atoms with Crippen molar-refractivity contribution in [1.82, 2.24) is 4.98 Å². The number of carbonyl (C=O) groups excluding carboxylic acids is 1. The number of hydrogen-bond donors (Lipinski definition) is 2. The van der Waals surface area contributed by atoms with Crippen molar-refractivity contribution in [2.75, 3.05) is 17.7 Å². The molecule has 0 radical (unpaired) electrons. The van der Waals surface area contributed by atoms with E-state index in [0.29, 0.717) is 22.8 Å². The number of halogens is 2. The van der Waals surface area contributed by atoms with Crippen LogP contribution < -0.4 is 15.4 Å². The van der Waals surface area contributed by atoms with Gasteiger partial charge in [0.1, 0.15) is 17.3 Å². The van der Waals surface area contributed by atoms with Gasteiger partial charge >= 0.3 is 0 Å². The second-order valence-corrected chi connectivity index (χ2v) is 6.25. The third-order valence-electron chi connectivity index (χ3n) is 3.80. The van der Waals surface area contributed by atoms with Crippen molar-refractivity contribution in [1.29, 1.82) is 0 Å². The zero-order chi connectivity index (χ0) is 19.4. The van der Waals surface area contributed by atoms with E-state index in [2.05, 4.69) is 15.6 Å². The second kappa shape index (κ2) is 8.05. The summed E-state index contributed by atoms with van der Waals surface area (Å²) in [6.07, 6.45) is 1.51. The van der Waals surface area contributed by atoms with Crippen LogP contribution in [0.2, 0.25) is 5.02 Å². The van der Waals surface area contributed by atoms with Crippen LogP contribution in [0.3, 0.4) is 0 Å². The number of nitrogens with one attached hydrogen (secondary N) is 2. The first-order chi connectivity index (χ1) is 13.0. The van der Waals surface area contributed by atoms with Crippen LogP contribution in [0.1, 0.15) is 16.1 Å². The van der Waals surface area contributed by atoms with Crippen molar-refractivity contribution in [2.24, 2.45) is 0 Å². The van der Waals surface area contributed by atoms with E-state index in [1.54, 1.807) is 24.3 Å². The highest BCUT2D eigenvalue weighted by Gasteiger charge is 2.12. The molecule has 1 heterocycles. The third kappa shape index (κ3) is 4.54. The largest absolute Gasteiger partial charge is 0.495 e. The molecule has 27 heavy (non-hydrogen) atoms. The van der Waals surface area contributed by atoms with Crippen molar-refractivity contribution in [3.05, 3.63) is 76.8 Å². The van der Waals surface area contributed by atoms with E-state index < -0.39 is 5.82 Å². The summed E-state index contributed by atoms with van der Waals surface area (Å²) in [4.78, 5) is 16.7. The first kappa shape index (κ1) is 18.7. The number of ether oxygens (including phenoxy) is 1. The summed E-state index contributed by atoms with van der Waals surface area (Å²) in [5.41, 5.74) is 2.99. The molecule has 0 aliphatic heterocycles. The fraction of sp³-hybridized carbons (Fsp3) is 0.100. The van der Waals surface area contributed by atoms with Gasteiger partial charge in [-0.3, -0.25) is 9.78 Å². The third-order valence-corrected chi connectivity index (χ3v) is 4.09. The number of methoxy groups -OCH3 is 1. The number of pyridine rings is 1. The summed E-state index contributed by atoms with van der Waals surface area (Å²) in [7, 11) is 1.54. The Morgan fingerprint density at radius 2 is 1.89 bits per heavy atom. The van der Waals surface area contributed by atoms with Crippen molar-refractivity contribution in [3.8, 4) is 5.75 Å². The maximum Gasteiger partial charge on any atom is 0.274 e. The molecule has 0 unspecified atom stereocenters. The molecule has 0 fully saturated rings. The van der Waals surface area contributed by atoms with E-state index >= 15 is 0 Å². The fourth-order valence-electron chi connectivity index (χ4n) is 2.48. The normalized spacial score (nSPS) is 10.4. The highest BCUT2D eigenvalue weighted by molar-refractivity contribution is 6.31. The maximum absolute atomic E-state index is 13.3. The lowest BCUT2D eigenvalue weighted by atomic mass is 10.2. The average molecular weight is 386 g/mol. The van der Waals surface area contributed by atoms with Gasteiger partial charge in [0.25, 0.3) is 5.91 Å². The highest BCUT2D eigenvalue weighted by Crippen LogP contribution is 2.26. The van der Waals surface area contributed by atoms with Crippen molar-refractivity contribution < 1.29 is 13.9 Å². The molecular formula is C20H17ClFN3O2. The number of rotatable bonds is 5. The molecule has 0 aliphatic rings. The minimum Gasteiger partial charge on any atom is -0.495 e. The molecule has 0 spiro atoms. The quantitative estimate of drug-likeness (QED) is 0.634. The van der Waals surface area contributed by atoms with Crippen molar-refractivity contribution in [2.45, 2.75) is 6.92 Å². The van der Waals surface area contributed by atoms with E-state index in [0.717, 1.165) is 5.56 Å². The number of aromatic nitrogens is 1. The zero-order valence-corrected chi connectivity index (χ0v) is 15.5. The van der Waals surface area contributed by atoms with Crippen molar-refractivity contribution >= 4 is 34.6 Å². The number of carbonyl (C=O) groups is 1. The molecular weight excluding hydrogens is 369 g/mol. The van der Waals surface area contributed by atoms with E-state index in [4.69, 9.17) is 16.3 Å². The minimum atomic E-state index is -0.496. The maximum atomic E-state index is 13.3. The highest BCUT2D eigenvalue weighted by atomic mass is 35.5. The lowest BCUT2D eigenvalue weighted by Crippen LogP contribution is -2.14. The van der Waals surface area contributed by atoms with Gasteiger partial charge in [-0.25, -0.2) is 4.39 Å². The number of aryl methyl sites for hydroxylation is 1. The fourth-order valence-corrected chi connectivity index (χ4v) is 2.66. The van der Waals surface area contributed by atoms with Gasteiger partial charge in [0, 0.05) is 17.6 Å². The Labute approximate surface area is 161 Å². The van der Waals surface area contributed by atoms with Gasteiger partial charge in [0.15, 0.2) is 0 Å². The molecule has 138 valence electrons. The van der Waals surface area contributed by atoms with Crippen LogP contribution in [0.25, 0.3) is 0 Å². The predicted molar refractivity (Wildman–Crippen MR) is 105 cm³/mol. The van der Waals surface area contributed by atoms with Gasteiger partial charge in [0.2, 0.25) is 0 Å². The molecule has 1 amide bonds. The van der Waals surface area contributed by atoms with Crippen LogP contribution in [0, 0.1) is 12.7 Å². The molecule has 0 aliphatic carbocycles. The second-order valence-electron chi connectivity index (χ2n) is 5.84. The lowest BCUT2D eigenvalue weighted by molar-refractivity contribution is 0.102. The van der Waals surface area contributed by atoms with Gasteiger partial charge in [0.05, 0.1) is 17.8 Å². The number of hydrogen-bond acceptors (Lipinski definition) is 4. The Morgan fingerprint density at radius 3 is 2.63 bits per heavy atom. The lowest BCUT2D eigenvalue weighted by Gasteiger charge is -2.12.